The molecule has 1 aromatic carbocycles. The van der Waals surface area contributed by atoms with E-state index < -0.39 is 0 Å². The van der Waals surface area contributed by atoms with Crippen molar-refractivity contribution in [3.05, 3.63) is 45.1 Å². The summed E-state index contributed by atoms with van der Waals surface area (Å²) < 4.78 is 2.06. The third-order valence-electron chi connectivity index (χ3n) is 2.32. The highest BCUT2D eigenvalue weighted by Gasteiger charge is 2.10. The molecule has 0 bridgehead atoms. The molecule has 3 nitrogen and oxygen atoms in total. The average molecular weight is 339 g/mol. The Hall–Kier alpha value is -1.24. The molecule has 6 heteroatoms. The highest BCUT2D eigenvalue weighted by Crippen LogP contribution is 2.28. The molecule has 2 heterocycles. The first-order valence-electron chi connectivity index (χ1n) is 5.13. The number of carbonyl (C=O) groups excluding carboxylic acids is 1. The molecule has 0 spiro atoms. The zero-order valence-electron chi connectivity index (χ0n) is 9.01. The topological polar surface area (TPSA) is 42.0 Å². The Morgan fingerprint density at radius 1 is 1.33 bits per heavy atom. The minimum Gasteiger partial charge on any atom is -0.297 e. The maximum Gasteiger partial charge on any atom is 0.267 e. The van der Waals surface area contributed by atoms with E-state index in [1.54, 1.807) is 6.07 Å². The van der Waals surface area contributed by atoms with Gasteiger partial charge in [-0.2, -0.15) is 0 Å². The summed E-state index contributed by atoms with van der Waals surface area (Å²) >= 11 is 6.30. The maximum absolute atomic E-state index is 11.9. The number of anilines is 1. The average Bonchev–Trinajstić information content (AvgIpc) is 2.95. The Balaban J connectivity index is 1.89. The number of aromatic nitrogens is 1. The van der Waals surface area contributed by atoms with Crippen LogP contribution in [0.3, 0.4) is 0 Å². The van der Waals surface area contributed by atoms with E-state index in [2.05, 4.69) is 26.2 Å². The fourth-order valence-electron chi connectivity index (χ4n) is 1.52. The van der Waals surface area contributed by atoms with Crippen LogP contribution in [0.4, 0.5) is 5.13 Å². The van der Waals surface area contributed by atoms with Crippen molar-refractivity contribution in [2.24, 2.45) is 0 Å². The fraction of sp³-hybridized carbons (Fsp3) is 0. The molecule has 90 valence electrons. The van der Waals surface area contributed by atoms with Gasteiger partial charge in [-0.25, -0.2) is 4.98 Å². The normalized spacial score (nSPS) is 10.7. The van der Waals surface area contributed by atoms with E-state index in [0.29, 0.717) is 10.0 Å². The lowest BCUT2D eigenvalue weighted by molar-refractivity contribution is 0.103. The van der Waals surface area contributed by atoms with Gasteiger partial charge in [0.25, 0.3) is 5.91 Å². The van der Waals surface area contributed by atoms with Gasteiger partial charge in [-0.05, 0) is 29.6 Å². The van der Waals surface area contributed by atoms with Crippen LogP contribution in [0, 0.1) is 0 Å². The number of thiophene rings is 1. The van der Waals surface area contributed by atoms with Crippen LogP contribution < -0.4 is 5.32 Å². The SMILES string of the molecule is O=C(Nc1nc2ccc(Br)cc2s1)c1cccs1. The summed E-state index contributed by atoms with van der Waals surface area (Å²) in [6.45, 7) is 0. The number of amides is 1. The molecular weight excluding hydrogens is 332 g/mol. The molecule has 0 unspecified atom stereocenters. The van der Waals surface area contributed by atoms with E-state index in [0.717, 1.165) is 14.7 Å². The van der Waals surface area contributed by atoms with E-state index in [9.17, 15) is 4.79 Å². The lowest BCUT2D eigenvalue weighted by Crippen LogP contribution is -2.09. The second kappa shape index (κ2) is 4.79. The molecule has 1 amide bonds. The van der Waals surface area contributed by atoms with E-state index in [-0.39, 0.29) is 5.91 Å². The molecule has 1 N–H and O–H groups in total. The van der Waals surface area contributed by atoms with Crippen LogP contribution in [-0.4, -0.2) is 10.9 Å². The van der Waals surface area contributed by atoms with Crippen LogP contribution in [0.1, 0.15) is 9.67 Å². The number of rotatable bonds is 2. The molecule has 0 aliphatic rings. The summed E-state index contributed by atoms with van der Waals surface area (Å²) in [5.41, 5.74) is 0.893. The van der Waals surface area contributed by atoms with Gasteiger partial charge in [-0.3, -0.25) is 10.1 Å². The van der Waals surface area contributed by atoms with E-state index in [1.807, 2.05) is 29.6 Å². The predicted octanol–water partition coefficient (Wildman–Crippen LogP) is 4.37. The van der Waals surface area contributed by atoms with Crippen molar-refractivity contribution in [3.8, 4) is 0 Å². The first kappa shape index (κ1) is 11.8. The van der Waals surface area contributed by atoms with Crippen molar-refractivity contribution in [2.75, 3.05) is 5.32 Å². The van der Waals surface area contributed by atoms with Crippen LogP contribution in [0.5, 0.6) is 0 Å². The number of nitrogens with one attached hydrogen (secondary N) is 1. The number of hydrogen-bond acceptors (Lipinski definition) is 4. The smallest absolute Gasteiger partial charge is 0.267 e. The van der Waals surface area contributed by atoms with Gasteiger partial charge in [0.2, 0.25) is 0 Å². The summed E-state index contributed by atoms with van der Waals surface area (Å²) in [5, 5.41) is 5.32. The molecular formula is C12H7BrN2OS2. The van der Waals surface area contributed by atoms with Crippen molar-refractivity contribution in [1.29, 1.82) is 0 Å². The highest BCUT2D eigenvalue weighted by atomic mass is 79.9. The first-order chi connectivity index (χ1) is 8.72. The van der Waals surface area contributed by atoms with Gasteiger partial charge in [-0.15, -0.1) is 11.3 Å². The standard InChI is InChI=1S/C12H7BrN2OS2/c13-7-3-4-8-10(6-7)18-12(14-8)15-11(16)9-2-1-5-17-9/h1-6H,(H,14,15,16). The summed E-state index contributed by atoms with van der Waals surface area (Å²) in [5.74, 6) is -0.108. The molecule has 3 aromatic rings. The lowest BCUT2D eigenvalue weighted by atomic mass is 10.3. The number of nitrogens with zero attached hydrogens (tertiary/aromatic N) is 1. The number of carbonyl (C=O) groups is 1. The molecule has 0 saturated heterocycles. The molecule has 0 saturated carbocycles. The van der Waals surface area contributed by atoms with Gasteiger partial charge < -0.3 is 0 Å². The zero-order valence-corrected chi connectivity index (χ0v) is 12.2. The van der Waals surface area contributed by atoms with Crippen LogP contribution in [0.25, 0.3) is 10.2 Å². The fourth-order valence-corrected chi connectivity index (χ4v) is 3.55. The van der Waals surface area contributed by atoms with E-state index in [4.69, 9.17) is 0 Å². The molecule has 0 atom stereocenters. The van der Waals surface area contributed by atoms with Crippen molar-refractivity contribution >= 4 is 59.9 Å². The van der Waals surface area contributed by atoms with Crippen LogP contribution >= 0.6 is 38.6 Å². The molecule has 0 fully saturated rings. The van der Waals surface area contributed by atoms with Crippen LogP contribution in [-0.2, 0) is 0 Å². The Bertz CT molecular complexity index is 706. The minimum absolute atomic E-state index is 0.108. The van der Waals surface area contributed by atoms with Crippen LogP contribution in [0.2, 0.25) is 0 Å². The molecule has 0 aliphatic heterocycles. The van der Waals surface area contributed by atoms with Gasteiger partial charge >= 0.3 is 0 Å². The van der Waals surface area contributed by atoms with Gasteiger partial charge in [0.05, 0.1) is 15.1 Å². The second-order valence-electron chi connectivity index (χ2n) is 3.56. The lowest BCUT2D eigenvalue weighted by Gasteiger charge is -1.96. The Morgan fingerprint density at radius 2 is 2.22 bits per heavy atom. The molecule has 18 heavy (non-hydrogen) atoms. The van der Waals surface area contributed by atoms with E-state index in [1.165, 1.54) is 22.7 Å². The number of fused-ring (bicyclic) bond motifs is 1. The molecule has 0 aliphatic carbocycles. The number of benzene rings is 1. The van der Waals surface area contributed by atoms with Crippen molar-refractivity contribution < 1.29 is 4.79 Å². The third-order valence-corrected chi connectivity index (χ3v) is 4.61. The maximum atomic E-state index is 11.9. The molecule has 3 rings (SSSR count). The minimum atomic E-state index is -0.108. The summed E-state index contributed by atoms with van der Waals surface area (Å²) in [6.07, 6.45) is 0. The quantitative estimate of drug-likeness (QED) is 0.753. The largest absolute Gasteiger partial charge is 0.297 e. The van der Waals surface area contributed by atoms with Gasteiger partial charge in [0.1, 0.15) is 0 Å². The number of thiazole rings is 1. The van der Waals surface area contributed by atoms with Crippen molar-refractivity contribution in [3.63, 3.8) is 0 Å². The van der Waals surface area contributed by atoms with Crippen molar-refractivity contribution in [2.45, 2.75) is 0 Å². The Morgan fingerprint density at radius 3 is 3.00 bits per heavy atom. The van der Waals surface area contributed by atoms with Gasteiger partial charge in [-0.1, -0.05) is 33.3 Å². The van der Waals surface area contributed by atoms with Gasteiger partial charge in [0, 0.05) is 4.47 Å². The van der Waals surface area contributed by atoms with Crippen LogP contribution in [0.15, 0.2) is 40.2 Å². The Kier molecular flexibility index (Phi) is 3.15. The Labute approximate surface area is 120 Å². The molecule has 0 radical (unpaired) electrons. The second-order valence-corrected chi connectivity index (χ2v) is 6.46. The third kappa shape index (κ3) is 2.31. The highest BCUT2D eigenvalue weighted by molar-refractivity contribution is 9.10. The predicted molar refractivity (Wildman–Crippen MR) is 79.6 cm³/mol. The molecule has 2 aromatic heterocycles. The summed E-state index contributed by atoms with van der Waals surface area (Å²) in [7, 11) is 0. The summed E-state index contributed by atoms with van der Waals surface area (Å²) in [6, 6.07) is 9.51. The zero-order chi connectivity index (χ0) is 12.5. The van der Waals surface area contributed by atoms with Crippen molar-refractivity contribution in [1.82, 2.24) is 4.98 Å². The number of halogens is 1. The summed E-state index contributed by atoms with van der Waals surface area (Å²) in [4.78, 5) is 16.9. The van der Waals surface area contributed by atoms with E-state index >= 15 is 0 Å². The monoisotopic (exact) mass is 338 g/mol. The van der Waals surface area contributed by atoms with Gasteiger partial charge in [0.15, 0.2) is 5.13 Å². The first-order valence-corrected chi connectivity index (χ1v) is 7.62. The number of hydrogen-bond donors (Lipinski definition) is 1.